The van der Waals surface area contributed by atoms with Crippen LogP contribution in [-0.2, 0) is 4.79 Å². The average molecular weight is 389 g/mol. The minimum atomic E-state index is 0.00359. The highest BCUT2D eigenvalue weighted by atomic mass is 16.1. The van der Waals surface area contributed by atoms with Gasteiger partial charge in [0.25, 0.3) is 0 Å². The van der Waals surface area contributed by atoms with Crippen molar-refractivity contribution >= 4 is 5.91 Å². The second kappa shape index (κ2) is 8.52. The van der Waals surface area contributed by atoms with Crippen LogP contribution in [0.4, 0.5) is 0 Å². The van der Waals surface area contributed by atoms with Gasteiger partial charge in [0.05, 0.1) is 17.9 Å². The fourth-order valence-electron chi connectivity index (χ4n) is 4.10. The van der Waals surface area contributed by atoms with Gasteiger partial charge in [-0.25, -0.2) is 4.98 Å². The molecule has 150 valence electrons. The van der Waals surface area contributed by atoms with E-state index < -0.39 is 0 Å². The van der Waals surface area contributed by atoms with Gasteiger partial charge in [0.15, 0.2) is 0 Å². The van der Waals surface area contributed by atoms with E-state index in [4.69, 9.17) is 0 Å². The van der Waals surface area contributed by atoms with Crippen LogP contribution in [0, 0.1) is 0 Å². The Hall–Kier alpha value is -3.08. The number of hydrogen-bond acceptors (Lipinski definition) is 3. The van der Waals surface area contributed by atoms with Crippen molar-refractivity contribution in [1.29, 1.82) is 0 Å². The minimum absolute atomic E-state index is 0.00359. The number of benzene rings is 2. The van der Waals surface area contributed by atoms with Gasteiger partial charge < -0.3 is 10.3 Å². The zero-order chi connectivity index (χ0) is 20.2. The Morgan fingerprint density at radius 3 is 2.41 bits per heavy atom. The maximum Gasteiger partial charge on any atom is 0.217 e. The lowest BCUT2D eigenvalue weighted by Crippen LogP contribution is -2.40. The zero-order valence-corrected chi connectivity index (χ0v) is 17.1. The van der Waals surface area contributed by atoms with Crippen molar-refractivity contribution in [2.45, 2.75) is 38.6 Å². The van der Waals surface area contributed by atoms with Gasteiger partial charge in [0.2, 0.25) is 5.91 Å². The molecule has 5 heteroatoms. The topological polar surface area (TPSA) is 50.2 Å². The molecule has 1 aliphatic heterocycles. The SMILES string of the molecule is CC(=O)N[C@@H](C)c1ccc(C2CCN(n3cnc(-c4ccccc4)c3)CC2)cc1. The molecule has 1 atom stereocenters. The predicted octanol–water partition coefficient (Wildman–Crippen LogP) is 4.26. The van der Waals surface area contributed by atoms with E-state index in [-0.39, 0.29) is 11.9 Å². The van der Waals surface area contributed by atoms with Crippen molar-refractivity contribution in [3.05, 3.63) is 78.2 Å². The molecule has 0 saturated carbocycles. The van der Waals surface area contributed by atoms with Crippen molar-refractivity contribution in [3.63, 3.8) is 0 Å². The van der Waals surface area contributed by atoms with Crippen molar-refractivity contribution in [3.8, 4) is 11.3 Å². The Morgan fingerprint density at radius 1 is 1.07 bits per heavy atom. The number of amides is 1. The van der Waals surface area contributed by atoms with Crippen LogP contribution in [0.1, 0.15) is 49.8 Å². The van der Waals surface area contributed by atoms with Gasteiger partial charge in [-0.05, 0) is 36.8 Å². The van der Waals surface area contributed by atoms with E-state index in [1.165, 1.54) is 5.56 Å². The lowest BCUT2D eigenvalue weighted by molar-refractivity contribution is -0.119. The first-order valence-corrected chi connectivity index (χ1v) is 10.3. The lowest BCUT2D eigenvalue weighted by atomic mass is 9.89. The number of nitrogens with one attached hydrogen (secondary N) is 1. The molecule has 0 radical (unpaired) electrons. The van der Waals surface area contributed by atoms with Gasteiger partial charge in [-0.2, -0.15) is 0 Å². The van der Waals surface area contributed by atoms with Crippen LogP contribution in [0.5, 0.6) is 0 Å². The van der Waals surface area contributed by atoms with Gasteiger partial charge in [0.1, 0.15) is 6.33 Å². The molecule has 0 spiro atoms. The van der Waals surface area contributed by atoms with E-state index >= 15 is 0 Å². The highest BCUT2D eigenvalue weighted by molar-refractivity contribution is 5.73. The van der Waals surface area contributed by atoms with E-state index in [0.29, 0.717) is 5.92 Å². The van der Waals surface area contributed by atoms with E-state index in [1.54, 1.807) is 6.92 Å². The molecular weight excluding hydrogens is 360 g/mol. The number of carbonyl (C=O) groups excluding carboxylic acids is 1. The van der Waals surface area contributed by atoms with E-state index in [2.05, 4.69) is 62.6 Å². The third-order valence-electron chi connectivity index (χ3n) is 5.76. The number of nitrogens with zero attached hydrogens (tertiary/aromatic N) is 3. The summed E-state index contributed by atoms with van der Waals surface area (Å²) in [4.78, 5) is 15.8. The van der Waals surface area contributed by atoms with E-state index in [9.17, 15) is 4.79 Å². The summed E-state index contributed by atoms with van der Waals surface area (Å²) in [6.45, 7) is 5.60. The molecule has 29 heavy (non-hydrogen) atoms. The van der Waals surface area contributed by atoms with Crippen molar-refractivity contribution in [1.82, 2.24) is 15.0 Å². The smallest absolute Gasteiger partial charge is 0.217 e. The summed E-state index contributed by atoms with van der Waals surface area (Å²) in [5, 5.41) is 5.31. The molecular formula is C24H28N4O. The molecule has 1 fully saturated rings. The Labute approximate surface area is 172 Å². The van der Waals surface area contributed by atoms with Crippen molar-refractivity contribution in [2.24, 2.45) is 0 Å². The number of rotatable bonds is 5. The quantitative estimate of drug-likeness (QED) is 0.710. The van der Waals surface area contributed by atoms with Crippen molar-refractivity contribution in [2.75, 3.05) is 18.1 Å². The third kappa shape index (κ3) is 4.50. The third-order valence-corrected chi connectivity index (χ3v) is 5.76. The van der Waals surface area contributed by atoms with Crippen LogP contribution in [-0.4, -0.2) is 28.7 Å². The Balaban J connectivity index is 1.36. The van der Waals surface area contributed by atoms with Gasteiger partial charge in [-0.1, -0.05) is 54.6 Å². The maximum atomic E-state index is 11.2. The molecule has 2 heterocycles. The monoisotopic (exact) mass is 388 g/mol. The van der Waals surface area contributed by atoms with Crippen LogP contribution in [0.2, 0.25) is 0 Å². The van der Waals surface area contributed by atoms with Gasteiger partial charge in [0, 0.05) is 25.6 Å². The second-order valence-electron chi connectivity index (χ2n) is 7.82. The van der Waals surface area contributed by atoms with Crippen molar-refractivity contribution < 1.29 is 4.79 Å². The standard InChI is InChI=1S/C24H28N4O/c1-18(26-19(2)29)20-8-10-21(11-9-20)22-12-14-27(15-13-22)28-16-24(25-17-28)23-6-4-3-5-7-23/h3-11,16-18,22H,12-15H2,1-2H3,(H,26,29)/t18-/m0/s1. The van der Waals surface area contributed by atoms with Crippen LogP contribution in [0.25, 0.3) is 11.3 Å². The zero-order valence-electron chi connectivity index (χ0n) is 17.1. The fourth-order valence-corrected chi connectivity index (χ4v) is 4.10. The number of hydrogen-bond donors (Lipinski definition) is 1. The summed E-state index contributed by atoms with van der Waals surface area (Å²) in [6.07, 6.45) is 6.29. The Kier molecular flexibility index (Phi) is 5.65. The van der Waals surface area contributed by atoms with Crippen LogP contribution in [0.3, 0.4) is 0 Å². The Bertz CT molecular complexity index is 941. The lowest BCUT2D eigenvalue weighted by Gasteiger charge is -2.34. The molecule has 1 saturated heterocycles. The van der Waals surface area contributed by atoms with Gasteiger partial charge in [-0.15, -0.1) is 0 Å². The summed E-state index contributed by atoms with van der Waals surface area (Å²) in [5.41, 5.74) is 4.69. The molecule has 2 aromatic carbocycles. The number of imidazole rings is 1. The number of carbonyl (C=O) groups is 1. The normalized spacial score (nSPS) is 15.9. The Morgan fingerprint density at radius 2 is 1.76 bits per heavy atom. The molecule has 1 aliphatic rings. The number of piperidine rings is 1. The predicted molar refractivity (Wildman–Crippen MR) is 116 cm³/mol. The molecule has 1 amide bonds. The molecule has 4 rings (SSSR count). The minimum Gasteiger partial charge on any atom is -0.350 e. The summed E-state index contributed by atoms with van der Waals surface area (Å²) < 4.78 is 2.14. The van der Waals surface area contributed by atoms with Gasteiger partial charge >= 0.3 is 0 Å². The van der Waals surface area contributed by atoms with Crippen LogP contribution in [0.15, 0.2) is 67.1 Å². The molecule has 1 aromatic heterocycles. The second-order valence-corrected chi connectivity index (χ2v) is 7.82. The molecule has 0 unspecified atom stereocenters. The number of aromatic nitrogens is 2. The highest BCUT2D eigenvalue weighted by Crippen LogP contribution is 2.29. The first-order chi connectivity index (χ1) is 14.1. The van der Waals surface area contributed by atoms with Gasteiger partial charge in [-0.3, -0.25) is 9.47 Å². The van der Waals surface area contributed by atoms with Crippen LogP contribution >= 0.6 is 0 Å². The molecule has 0 aliphatic carbocycles. The summed E-state index contributed by atoms with van der Waals surface area (Å²) in [7, 11) is 0. The highest BCUT2D eigenvalue weighted by Gasteiger charge is 2.21. The largest absolute Gasteiger partial charge is 0.350 e. The first-order valence-electron chi connectivity index (χ1n) is 10.3. The molecule has 3 aromatic rings. The summed E-state index contributed by atoms with van der Waals surface area (Å²) in [6, 6.07) is 19.1. The maximum absolute atomic E-state index is 11.2. The first kappa shape index (κ1) is 19.2. The molecule has 0 bridgehead atoms. The summed E-state index contributed by atoms with van der Waals surface area (Å²) in [5.74, 6) is 0.581. The summed E-state index contributed by atoms with van der Waals surface area (Å²) >= 11 is 0. The molecule has 5 nitrogen and oxygen atoms in total. The van der Waals surface area contributed by atoms with E-state index in [1.807, 2.05) is 31.5 Å². The van der Waals surface area contributed by atoms with E-state index in [0.717, 1.165) is 42.8 Å². The fraction of sp³-hybridized carbons (Fsp3) is 0.333. The average Bonchev–Trinajstić information content (AvgIpc) is 3.24. The van der Waals surface area contributed by atoms with Crippen LogP contribution < -0.4 is 10.3 Å². The molecule has 1 N–H and O–H groups in total.